The number of amides is 3. The second-order valence-corrected chi connectivity index (χ2v) is 9.53. The number of likely N-dealkylation sites (tertiary alicyclic amines) is 1. The Balaban J connectivity index is 1.32. The number of hydrogen-bond acceptors (Lipinski definition) is 5. The van der Waals surface area contributed by atoms with E-state index < -0.39 is 0 Å². The van der Waals surface area contributed by atoms with E-state index >= 15 is 0 Å². The van der Waals surface area contributed by atoms with Gasteiger partial charge in [-0.15, -0.1) is 0 Å². The van der Waals surface area contributed by atoms with E-state index in [0.29, 0.717) is 38.3 Å². The molecule has 1 saturated heterocycles. The van der Waals surface area contributed by atoms with Gasteiger partial charge >= 0.3 is 0 Å². The van der Waals surface area contributed by atoms with Crippen LogP contribution in [0.5, 0.6) is 11.5 Å². The molecule has 8 heteroatoms. The highest BCUT2D eigenvalue weighted by molar-refractivity contribution is 5.82. The van der Waals surface area contributed by atoms with Crippen LogP contribution in [0.4, 0.5) is 0 Å². The summed E-state index contributed by atoms with van der Waals surface area (Å²) >= 11 is 0. The summed E-state index contributed by atoms with van der Waals surface area (Å²) in [5.41, 5.74) is 1.99. The van der Waals surface area contributed by atoms with E-state index in [4.69, 9.17) is 9.47 Å². The Bertz CT molecular complexity index is 1080. The molecule has 184 valence electrons. The van der Waals surface area contributed by atoms with Crippen LogP contribution in [0.15, 0.2) is 48.5 Å². The van der Waals surface area contributed by atoms with Gasteiger partial charge < -0.3 is 25.0 Å². The van der Waals surface area contributed by atoms with Crippen LogP contribution < -0.4 is 15.4 Å². The van der Waals surface area contributed by atoms with Crippen molar-refractivity contribution in [2.45, 2.75) is 50.9 Å². The molecule has 2 fully saturated rings. The van der Waals surface area contributed by atoms with Crippen molar-refractivity contribution in [2.24, 2.45) is 5.92 Å². The minimum atomic E-state index is -0.307. The van der Waals surface area contributed by atoms with Gasteiger partial charge in [-0.25, -0.2) is 0 Å². The topological polar surface area (TPSA) is 97.0 Å². The number of rotatable bonds is 1. The molecule has 0 unspecified atom stereocenters. The normalized spacial score (nSPS) is 23.6. The molecule has 1 saturated carbocycles. The Morgan fingerprint density at radius 3 is 2.51 bits per heavy atom. The van der Waals surface area contributed by atoms with Crippen molar-refractivity contribution in [1.82, 2.24) is 15.5 Å². The fourth-order valence-electron chi connectivity index (χ4n) is 4.55. The molecule has 3 amide bonds. The lowest BCUT2D eigenvalue weighted by atomic mass is 10.1. The Kier molecular flexibility index (Phi) is 6.99. The van der Waals surface area contributed by atoms with Gasteiger partial charge in [-0.05, 0) is 54.7 Å². The van der Waals surface area contributed by atoms with Crippen molar-refractivity contribution in [1.29, 1.82) is 0 Å². The van der Waals surface area contributed by atoms with Gasteiger partial charge in [0.15, 0.2) is 0 Å². The molecule has 0 radical (unpaired) electrons. The number of carbonyl (C=O) groups excluding carboxylic acids is 3. The van der Waals surface area contributed by atoms with Crippen LogP contribution in [0.3, 0.4) is 0 Å². The standard InChI is InChI=1S/C27H31N3O5/c31-25-11-6-18-4-9-21(10-5-18)35-22-3-1-2-19(14-22)17-34-24-16-30(27(33)20-7-8-20)15-23(24)29-26(32)12-13-28-25/h1-5,9-10,14,20,23-24H,6-8,11-13,15-17H2,(H,28,31)(H,29,32)/t23-,24-/m0/s1. The van der Waals surface area contributed by atoms with E-state index in [2.05, 4.69) is 10.6 Å². The lowest BCUT2D eigenvalue weighted by molar-refractivity contribution is -0.132. The van der Waals surface area contributed by atoms with Crippen LogP contribution in [-0.4, -0.2) is 54.4 Å². The van der Waals surface area contributed by atoms with Crippen LogP contribution in [0, 0.1) is 5.92 Å². The molecule has 8 nitrogen and oxygen atoms in total. The monoisotopic (exact) mass is 477 g/mol. The zero-order valence-electron chi connectivity index (χ0n) is 19.7. The average molecular weight is 478 g/mol. The van der Waals surface area contributed by atoms with Crippen molar-refractivity contribution in [3.63, 3.8) is 0 Å². The number of aryl methyl sites for hydroxylation is 1. The van der Waals surface area contributed by atoms with E-state index in [0.717, 1.165) is 29.7 Å². The zero-order valence-corrected chi connectivity index (χ0v) is 19.7. The molecule has 2 atom stereocenters. The van der Waals surface area contributed by atoms with E-state index in [1.807, 2.05) is 53.4 Å². The van der Waals surface area contributed by atoms with Crippen molar-refractivity contribution in [3.05, 3.63) is 59.7 Å². The van der Waals surface area contributed by atoms with E-state index in [9.17, 15) is 14.4 Å². The number of fused-ring (bicyclic) bond motifs is 10. The predicted molar refractivity (Wildman–Crippen MR) is 129 cm³/mol. The third-order valence-corrected chi connectivity index (χ3v) is 6.69. The number of carbonyl (C=O) groups is 3. The molecule has 1 aliphatic carbocycles. The third kappa shape index (κ3) is 6.19. The lowest BCUT2D eigenvalue weighted by Crippen LogP contribution is -2.45. The Morgan fingerprint density at radius 2 is 1.71 bits per heavy atom. The number of ether oxygens (including phenoxy) is 2. The Hall–Kier alpha value is -3.39. The molecule has 2 N–H and O–H groups in total. The summed E-state index contributed by atoms with van der Waals surface area (Å²) in [4.78, 5) is 39.3. The first-order chi connectivity index (χ1) is 17.0. The Labute approximate surface area is 205 Å². The molecule has 2 aromatic rings. The van der Waals surface area contributed by atoms with Gasteiger partial charge in [0.25, 0.3) is 0 Å². The third-order valence-electron chi connectivity index (χ3n) is 6.69. The number of nitrogens with one attached hydrogen (secondary N) is 2. The molecular weight excluding hydrogens is 446 g/mol. The maximum Gasteiger partial charge on any atom is 0.225 e. The first kappa shape index (κ1) is 23.4. The summed E-state index contributed by atoms with van der Waals surface area (Å²) in [7, 11) is 0. The van der Waals surface area contributed by atoms with Crippen molar-refractivity contribution in [3.8, 4) is 11.5 Å². The number of hydrogen-bond donors (Lipinski definition) is 2. The molecule has 0 aromatic heterocycles. The van der Waals surface area contributed by atoms with Crippen LogP contribution in [0.1, 0.15) is 36.8 Å². The second-order valence-electron chi connectivity index (χ2n) is 9.53. The van der Waals surface area contributed by atoms with Crippen LogP contribution in [0.2, 0.25) is 0 Å². The van der Waals surface area contributed by atoms with E-state index in [1.54, 1.807) is 0 Å². The summed E-state index contributed by atoms with van der Waals surface area (Å²) in [6, 6.07) is 15.1. The van der Waals surface area contributed by atoms with Gasteiger partial charge in [-0.1, -0.05) is 24.3 Å². The first-order valence-electron chi connectivity index (χ1n) is 12.4. The maximum atomic E-state index is 12.7. The molecule has 6 rings (SSSR count). The summed E-state index contributed by atoms with van der Waals surface area (Å²) in [6.45, 7) is 1.51. The Morgan fingerprint density at radius 1 is 0.886 bits per heavy atom. The van der Waals surface area contributed by atoms with E-state index in [-0.39, 0.29) is 48.8 Å². The molecule has 3 heterocycles. The summed E-state index contributed by atoms with van der Waals surface area (Å²) < 4.78 is 12.2. The molecule has 3 aliphatic heterocycles. The maximum absolute atomic E-state index is 12.7. The van der Waals surface area contributed by atoms with Gasteiger partial charge in [-0.3, -0.25) is 14.4 Å². The molecule has 4 bridgehead atoms. The van der Waals surface area contributed by atoms with Crippen LogP contribution >= 0.6 is 0 Å². The minimum absolute atomic E-state index is 0.0902. The van der Waals surface area contributed by atoms with Gasteiger partial charge in [0.1, 0.15) is 11.5 Å². The predicted octanol–water partition coefficient (Wildman–Crippen LogP) is 2.55. The number of benzene rings is 2. The highest BCUT2D eigenvalue weighted by atomic mass is 16.5. The highest BCUT2D eigenvalue weighted by Gasteiger charge is 2.41. The van der Waals surface area contributed by atoms with Gasteiger partial charge in [-0.2, -0.15) is 0 Å². The average Bonchev–Trinajstić information content (AvgIpc) is 3.63. The SMILES string of the molecule is O=C1CCc2ccc(cc2)Oc2cccc(c2)CO[C@H]2CN(C(=O)C3CC3)C[C@@H]2NC(=O)CCN1. The van der Waals surface area contributed by atoms with Crippen molar-refractivity contribution < 1.29 is 23.9 Å². The summed E-state index contributed by atoms with van der Waals surface area (Å²) in [5, 5.41) is 5.85. The fourth-order valence-corrected chi connectivity index (χ4v) is 4.55. The quantitative estimate of drug-likeness (QED) is 0.658. The fraction of sp³-hybridized carbons (Fsp3) is 0.444. The second kappa shape index (κ2) is 10.5. The summed E-state index contributed by atoms with van der Waals surface area (Å²) in [6.07, 6.45) is 2.71. The molecule has 35 heavy (non-hydrogen) atoms. The molecular formula is C27H31N3O5. The first-order valence-corrected chi connectivity index (χ1v) is 12.4. The van der Waals surface area contributed by atoms with Gasteiger partial charge in [0.2, 0.25) is 17.7 Å². The van der Waals surface area contributed by atoms with Gasteiger partial charge in [0.05, 0.1) is 18.8 Å². The minimum Gasteiger partial charge on any atom is -0.457 e. The van der Waals surface area contributed by atoms with E-state index in [1.165, 1.54) is 0 Å². The molecule has 0 spiro atoms. The number of nitrogens with zero attached hydrogens (tertiary/aromatic N) is 1. The van der Waals surface area contributed by atoms with Gasteiger partial charge in [0, 0.05) is 38.4 Å². The molecule has 4 aliphatic rings. The largest absolute Gasteiger partial charge is 0.457 e. The summed E-state index contributed by atoms with van der Waals surface area (Å²) in [5.74, 6) is 1.44. The smallest absolute Gasteiger partial charge is 0.225 e. The molecule has 2 aromatic carbocycles. The highest BCUT2D eigenvalue weighted by Crippen LogP contribution is 2.32. The van der Waals surface area contributed by atoms with Crippen LogP contribution in [-0.2, 0) is 32.1 Å². The zero-order chi connectivity index (χ0) is 24.2. The van der Waals surface area contributed by atoms with Crippen LogP contribution in [0.25, 0.3) is 0 Å². The lowest BCUT2D eigenvalue weighted by Gasteiger charge is -2.20. The van der Waals surface area contributed by atoms with Crippen molar-refractivity contribution >= 4 is 17.7 Å². The van der Waals surface area contributed by atoms with Crippen molar-refractivity contribution in [2.75, 3.05) is 19.6 Å².